The lowest BCUT2D eigenvalue weighted by atomic mass is 10.0. The molecule has 0 aliphatic heterocycles. The quantitative estimate of drug-likeness (QED) is 0.715. The molecule has 0 aliphatic rings. The van der Waals surface area contributed by atoms with E-state index in [4.69, 9.17) is 5.73 Å². The lowest BCUT2D eigenvalue weighted by Gasteiger charge is -2.16. The minimum absolute atomic E-state index is 0.309. The van der Waals surface area contributed by atoms with Crippen molar-refractivity contribution in [1.82, 2.24) is 0 Å². The van der Waals surface area contributed by atoms with Crippen molar-refractivity contribution < 1.29 is 9.90 Å². The predicted octanol–water partition coefficient (Wildman–Crippen LogP) is 0.636. The van der Waals surface area contributed by atoms with Crippen LogP contribution in [0.1, 0.15) is 18.5 Å². The first-order chi connectivity index (χ1) is 6.13. The van der Waals surface area contributed by atoms with Crippen molar-refractivity contribution in [3.63, 3.8) is 0 Å². The van der Waals surface area contributed by atoms with Crippen LogP contribution in [-0.4, -0.2) is 17.0 Å². The van der Waals surface area contributed by atoms with E-state index in [1.165, 1.54) is 6.92 Å². The van der Waals surface area contributed by atoms with Gasteiger partial charge >= 0.3 is 0 Å². The van der Waals surface area contributed by atoms with Gasteiger partial charge in [-0.05, 0) is 12.5 Å². The fourth-order valence-electron chi connectivity index (χ4n) is 1.11. The van der Waals surface area contributed by atoms with Crippen molar-refractivity contribution in [2.45, 2.75) is 19.1 Å². The van der Waals surface area contributed by atoms with E-state index >= 15 is 0 Å². The molecule has 0 saturated heterocycles. The molecule has 2 atom stereocenters. The molecule has 1 aromatic carbocycles. The van der Waals surface area contributed by atoms with Crippen molar-refractivity contribution in [2.75, 3.05) is 0 Å². The molecule has 0 radical (unpaired) electrons. The van der Waals surface area contributed by atoms with Crippen LogP contribution in [0.5, 0.6) is 0 Å². The van der Waals surface area contributed by atoms with E-state index < -0.39 is 12.1 Å². The fraction of sp³-hybridized carbons (Fsp3) is 0.300. The van der Waals surface area contributed by atoms with Gasteiger partial charge in [-0.2, -0.15) is 0 Å². The zero-order chi connectivity index (χ0) is 9.84. The maximum absolute atomic E-state index is 10.8. The van der Waals surface area contributed by atoms with Crippen LogP contribution in [0.2, 0.25) is 0 Å². The van der Waals surface area contributed by atoms with Crippen molar-refractivity contribution in [3.05, 3.63) is 35.9 Å². The number of hydrogen-bond donors (Lipinski definition) is 2. The molecule has 0 aromatic heterocycles. The summed E-state index contributed by atoms with van der Waals surface area (Å²) in [7, 11) is 0. The molecule has 0 amide bonds. The molecule has 3 heteroatoms. The Labute approximate surface area is 77.2 Å². The number of ketones is 1. The summed E-state index contributed by atoms with van der Waals surface area (Å²) in [6.45, 7) is 1.33. The monoisotopic (exact) mass is 179 g/mol. The normalized spacial score (nSPS) is 15.0. The van der Waals surface area contributed by atoms with Gasteiger partial charge < -0.3 is 10.8 Å². The van der Waals surface area contributed by atoms with E-state index in [1.54, 1.807) is 12.1 Å². The summed E-state index contributed by atoms with van der Waals surface area (Å²) in [5.41, 5.74) is 6.44. The second kappa shape index (κ2) is 4.16. The molecule has 3 nitrogen and oxygen atoms in total. The third kappa shape index (κ3) is 2.37. The number of rotatable bonds is 3. The number of hydrogen-bond acceptors (Lipinski definition) is 3. The highest BCUT2D eigenvalue weighted by Crippen LogP contribution is 2.13. The standard InChI is InChI=1S/C10H13NO2/c1-7(12)10(13)9(11)8-5-3-2-4-6-8/h2-6,9-10,13H,11H2,1H3. The summed E-state index contributed by atoms with van der Waals surface area (Å²) in [5.74, 6) is -0.309. The summed E-state index contributed by atoms with van der Waals surface area (Å²) < 4.78 is 0. The summed E-state index contributed by atoms with van der Waals surface area (Å²) in [6, 6.07) is 8.45. The van der Waals surface area contributed by atoms with E-state index in [0.29, 0.717) is 0 Å². The van der Waals surface area contributed by atoms with Crippen LogP contribution in [0.15, 0.2) is 30.3 Å². The van der Waals surface area contributed by atoms with Crippen molar-refractivity contribution in [3.8, 4) is 0 Å². The van der Waals surface area contributed by atoms with Gasteiger partial charge in [-0.15, -0.1) is 0 Å². The molecule has 0 spiro atoms. The highest BCUT2D eigenvalue weighted by atomic mass is 16.3. The van der Waals surface area contributed by atoms with Crippen LogP contribution in [-0.2, 0) is 4.79 Å². The molecule has 0 bridgehead atoms. The highest BCUT2D eigenvalue weighted by Gasteiger charge is 2.20. The van der Waals surface area contributed by atoms with Crippen LogP contribution in [0.25, 0.3) is 0 Å². The molecular weight excluding hydrogens is 166 g/mol. The van der Waals surface area contributed by atoms with Gasteiger partial charge in [0.25, 0.3) is 0 Å². The molecule has 13 heavy (non-hydrogen) atoms. The molecule has 3 N–H and O–H groups in total. The zero-order valence-corrected chi connectivity index (χ0v) is 7.47. The Hall–Kier alpha value is -1.19. The molecule has 0 fully saturated rings. The lowest BCUT2D eigenvalue weighted by molar-refractivity contribution is -0.125. The first-order valence-electron chi connectivity index (χ1n) is 4.12. The average Bonchev–Trinajstić information content (AvgIpc) is 2.17. The van der Waals surface area contributed by atoms with Crippen LogP contribution in [0, 0.1) is 0 Å². The summed E-state index contributed by atoms with van der Waals surface area (Å²) in [4.78, 5) is 10.8. The third-order valence-corrected chi connectivity index (χ3v) is 1.94. The first kappa shape index (κ1) is 9.89. The van der Waals surface area contributed by atoms with Crippen LogP contribution in [0.4, 0.5) is 0 Å². The van der Waals surface area contributed by atoms with Crippen molar-refractivity contribution >= 4 is 5.78 Å². The van der Waals surface area contributed by atoms with E-state index in [1.807, 2.05) is 18.2 Å². The maximum atomic E-state index is 10.8. The lowest BCUT2D eigenvalue weighted by Crippen LogP contribution is -2.31. The topological polar surface area (TPSA) is 63.3 Å². The van der Waals surface area contributed by atoms with Crippen molar-refractivity contribution in [2.24, 2.45) is 5.73 Å². The fourth-order valence-corrected chi connectivity index (χ4v) is 1.11. The number of Topliss-reactive ketones (excluding diaryl/α,β-unsaturated/α-hetero) is 1. The minimum Gasteiger partial charge on any atom is -0.383 e. The maximum Gasteiger partial charge on any atom is 0.160 e. The number of carbonyl (C=O) groups excluding carboxylic acids is 1. The van der Waals surface area contributed by atoms with Gasteiger partial charge in [0.2, 0.25) is 0 Å². The Morgan fingerprint density at radius 1 is 1.38 bits per heavy atom. The third-order valence-electron chi connectivity index (χ3n) is 1.94. The SMILES string of the molecule is CC(=O)C(O)C(N)c1ccccc1. The Morgan fingerprint density at radius 2 is 1.92 bits per heavy atom. The average molecular weight is 179 g/mol. The van der Waals surface area contributed by atoms with Crippen LogP contribution in [0.3, 0.4) is 0 Å². The molecule has 0 saturated carbocycles. The number of nitrogens with two attached hydrogens (primary N) is 1. The second-order valence-corrected chi connectivity index (χ2v) is 2.99. The van der Waals surface area contributed by atoms with E-state index in [9.17, 15) is 9.90 Å². The Balaban J connectivity index is 2.79. The molecule has 2 unspecified atom stereocenters. The Bertz CT molecular complexity index is 284. The Kier molecular flexibility index (Phi) is 3.17. The smallest absolute Gasteiger partial charge is 0.160 e. The summed E-state index contributed by atoms with van der Waals surface area (Å²) in [5, 5.41) is 9.37. The van der Waals surface area contributed by atoms with Gasteiger partial charge in [-0.3, -0.25) is 4.79 Å². The van der Waals surface area contributed by atoms with Gasteiger partial charge in [-0.1, -0.05) is 30.3 Å². The van der Waals surface area contributed by atoms with E-state index in [-0.39, 0.29) is 5.78 Å². The van der Waals surface area contributed by atoms with Gasteiger partial charge in [0, 0.05) is 0 Å². The number of benzene rings is 1. The summed E-state index contributed by atoms with van der Waals surface area (Å²) in [6.07, 6.45) is -1.11. The van der Waals surface area contributed by atoms with Gasteiger partial charge in [0.05, 0.1) is 6.04 Å². The molecule has 1 rings (SSSR count). The Morgan fingerprint density at radius 3 is 2.38 bits per heavy atom. The summed E-state index contributed by atoms with van der Waals surface area (Å²) >= 11 is 0. The van der Waals surface area contributed by atoms with Gasteiger partial charge in [0.1, 0.15) is 6.10 Å². The van der Waals surface area contributed by atoms with Gasteiger partial charge in [0.15, 0.2) is 5.78 Å². The number of aliphatic hydroxyl groups is 1. The van der Waals surface area contributed by atoms with Crippen molar-refractivity contribution in [1.29, 1.82) is 0 Å². The molecule has 70 valence electrons. The van der Waals surface area contributed by atoms with E-state index in [2.05, 4.69) is 0 Å². The highest BCUT2D eigenvalue weighted by molar-refractivity contribution is 5.81. The first-order valence-corrected chi connectivity index (χ1v) is 4.12. The molecular formula is C10H13NO2. The van der Waals surface area contributed by atoms with Crippen LogP contribution < -0.4 is 5.73 Å². The number of carbonyl (C=O) groups is 1. The predicted molar refractivity (Wildman–Crippen MR) is 50.1 cm³/mol. The molecule has 1 aromatic rings. The largest absolute Gasteiger partial charge is 0.383 e. The molecule has 0 heterocycles. The van der Waals surface area contributed by atoms with Gasteiger partial charge in [-0.25, -0.2) is 0 Å². The minimum atomic E-state index is -1.11. The van der Waals surface area contributed by atoms with E-state index in [0.717, 1.165) is 5.56 Å². The molecule has 0 aliphatic carbocycles. The zero-order valence-electron chi connectivity index (χ0n) is 7.47. The number of aliphatic hydroxyl groups excluding tert-OH is 1. The second-order valence-electron chi connectivity index (χ2n) is 2.99. The van der Waals surface area contributed by atoms with Crippen LogP contribution >= 0.6 is 0 Å².